The fourth-order valence-electron chi connectivity index (χ4n) is 3.96. The van der Waals surface area contributed by atoms with Crippen molar-refractivity contribution >= 4 is 28.5 Å². The number of nitrogens with zero attached hydrogens (tertiary/aromatic N) is 2. The summed E-state index contributed by atoms with van der Waals surface area (Å²) in [5, 5.41) is 6.54. The Kier molecular flexibility index (Phi) is 4.90. The number of ketones is 1. The summed E-state index contributed by atoms with van der Waals surface area (Å²) >= 11 is 0. The predicted molar refractivity (Wildman–Crippen MR) is 124 cm³/mol. The first-order chi connectivity index (χ1) is 15.9. The molecule has 0 atom stereocenters. The molecule has 8 nitrogen and oxygen atoms in total. The molecule has 33 heavy (non-hydrogen) atoms. The standard InChI is InChI=1S/C25H21N5O3/c1-13-11-20(30-33-13)29-25(32)22-14(2)21(15(3)26-22)24-27-18-10-9-17(12-19(18)28-24)23(31)16-7-5-4-6-8-16/h4-12,26H,1-3H3,(H,27,28)(H,29,30,32). The van der Waals surface area contributed by atoms with Gasteiger partial charge in [0, 0.05) is 28.5 Å². The number of aromatic amines is 2. The molecule has 2 aromatic carbocycles. The topological polar surface area (TPSA) is 117 Å². The number of aryl methyl sites for hydroxylation is 2. The number of rotatable bonds is 5. The molecular formula is C25H21N5O3. The number of imidazole rings is 1. The number of anilines is 1. The minimum Gasteiger partial charge on any atom is -0.360 e. The third-order valence-electron chi connectivity index (χ3n) is 5.55. The molecule has 0 saturated heterocycles. The highest BCUT2D eigenvalue weighted by molar-refractivity contribution is 6.10. The fraction of sp³-hybridized carbons (Fsp3) is 0.120. The largest absolute Gasteiger partial charge is 0.360 e. The van der Waals surface area contributed by atoms with Crippen molar-refractivity contribution in [3.05, 3.63) is 88.4 Å². The van der Waals surface area contributed by atoms with Crippen LogP contribution in [0, 0.1) is 20.8 Å². The SMILES string of the molecule is Cc1cc(NC(=O)c2[nH]c(C)c(-c3nc4ccc(C(=O)c5ccccc5)cc4[nH]3)c2C)no1. The number of aromatic nitrogens is 4. The minimum atomic E-state index is -0.318. The maximum Gasteiger partial charge on any atom is 0.273 e. The van der Waals surface area contributed by atoms with Gasteiger partial charge in [0.2, 0.25) is 0 Å². The molecule has 0 unspecified atom stereocenters. The summed E-state index contributed by atoms with van der Waals surface area (Å²) in [7, 11) is 0. The molecule has 3 aromatic heterocycles. The highest BCUT2D eigenvalue weighted by atomic mass is 16.5. The van der Waals surface area contributed by atoms with Gasteiger partial charge in [-0.3, -0.25) is 9.59 Å². The van der Waals surface area contributed by atoms with Crippen molar-refractivity contribution in [2.45, 2.75) is 20.8 Å². The average Bonchev–Trinajstić information content (AvgIpc) is 3.49. The summed E-state index contributed by atoms with van der Waals surface area (Å²) in [6.45, 7) is 5.50. The molecule has 0 radical (unpaired) electrons. The second-order valence-electron chi connectivity index (χ2n) is 7.91. The highest BCUT2D eigenvalue weighted by Crippen LogP contribution is 2.30. The van der Waals surface area contributed by atoms with E-state index in [-0.39, 0.29) is 11.7 Å². The van der Waals surface area contributed by atoms with Gasteiger partial charge in [0.05, 0.1) is 11.0 Å². The van der Waals surface area contributed by atoms with Crippen LogP contribution in [-0.4, -0.2) is 31.8 Å². The van der Waals surface area contributed by atoms with Crippen molar-refractivity contribution in [2.24, 2.45) is 0 Å². The second kappa shape index (κ2) is 7.90. The Bertz CT molecular complexity index is 1510. The van der Waals surface area contributed by atoms with Crippen molar-refractivity contribution in [3.8, 4) is 11.4 Å². The lowest BCUT2D eigenvalue weighted by atomic mass is 10.0. The van der Waals surface area contributed by atoms with E-state index in [9.17, 15) is 9.59 Å². The lowest BCUT2D eigenvalue weighted by Gasteiger charge is -2.01. The van der Waals surface area contributed by atoms with Gasteiger partial charge in [-0.2, -0.15) is 0 Å². The van der Waals surface area contributed by atoms with Gasteiger partial charge >= 0.3 is 0 Å². The van der Waals surface area contributed by atoms with Crippen molar-refractivity contribution in [1.29, 1.82) is 0 Å². The monoisotopic (exact) mass is 439 g/mol. The Hall–Kier alpha value is -4.46. The molecule has 0 saturated carbocycles. The Morgan fingerprint density at radius 3 is 2.45 bits per heavy atom. The average molecular weight is 439 g/mol. The van der Waals surface area contributed by atoms with Gasteiger partial charge in [0.15, 0.2) is 11.6 Å². The summed E-state index contributed by atoms with van der Waals surface area (Å²) in [4.78, 5) is 36.7. The number of benzene rings is 2. The van der Waals surface area contributed by atoms with E-state index in [1.807, 2.05) is 38.1 Å². The number of carbonyl (C=O) groups excluding carboxylic acids is 2. The van der Waals surface area contributed by atoms with Crippen LogP contribution in [0.5, 0.6) is 0 Å². The first kappa shape index (κ1) is 20.4. The first-order valence-electron chi connectivity index (χ1n) is 10.4. The van der Waals surface area contributed by atoms with Gasteiger partial charge in [0.1, 0.15) is 17.3 Å². The Labute approximate surface area is 189 Å². The van der Waals surface area contributed by atoms with E-state index in [0.717, 1.165) is 27.9 Å². The van der Waals surface area contributed by atoms with E-state index in [1.165, 1.54) is 0 Å². The zero-order valence-corrected chi connectivity index (χ0v) is 18.3. The molecule has 0 aliphatic rings. The van der Waals surface area contributed by atoms with Gasteiger partial charge in [-0.05, 0) is 44.5 Å². The number of carbonyl (C=O) groups is 2. The smallest absolute Gasteiger partial charge is 0.273 e. The Morgan fingerprint density at radius 1 is 0.939 bits per heavy atom. The van der Waals surface area contributed by atoms with E-state index >= 15 is 0 Å². The lowest BCUT2D eigenvalue weighted by Crippen LogP contribution is -2.13. The van der Waals surface area contributed by atoms with Crippen LogP contribution < -0.4 is 5.32 Å². The molecule has 0 fully saturated rings. The lowest BCUT2D eigenvalue weighted by molar-refractivity contribution is 0.101. The third-order valence-corrected chi connectivity index (χ3v) is 5.55. The van der Waals surface area contributed by atoms with Crippen molar-refractivity contribution in [1.82, 2.24) is 20.1 Å². The van der Waals surface area contributed by atoms with E-state index in [2.05, 4.69) is 20.4 Å². The maximum absolute atomic E-state index is 12.8. The van der Waals surface area contributed by atoms with Crippen LogP contribution in [0.1, 0.15) is 43.4 Å². The summed E-state index contributed by atoms with van der Waals surface area (Å²) in [5.41, 5.74) is 5.47. The van der Waals surface area contributed by atoms with Crippen LogP contribution in [0.3, 0.4) is 0 Å². The number of amides is 1. The van der Waals surface area contributed by atoms with Crippen LogP contribution in [0.15, 0.2) is 59.1 Å². The molecule has 0 bridgehead atoms. The van der Waals surface area contributed by atoms with Gasteiger partial charge in [0.25, 0.3) is 5.91 Å². The number of H-pyrrole nitrogens is 2. The van der Waals surface area contributed by atoms with Gasteiger partial charge in [-0.15, -0.1) is 0 Å². The van der Waals surface area contributed by atoms with Gasteiger partial charge < -0.3 is 19.8 Å². The van der Waals surface area contributed by atoms with Crippen molar-refractivity contribution in [3.63, 3.8) is 0 Å². The number of hydrogen-bond donors (Lipinski definition) is 3. The van der Waals surface area contributed by atoms with Crippen LogP contribution in [0.2, 0.25) is 0 Å². The molecule has 3 N–H and O–H groups in total. The summed E-state index contributed by atoms with van der Waals surface area (Å²) in [6.07, 6.45) is 0. The molecule has 8 heteroatoms. The van der Waals surface area contributed by atoms with Gasteiger partial charge in [-0.1, -0.05) is 35.5 Å². The van der Waals surface area contributed by atoms with Crippen LogP contribution >= 0.6 is 0 Å². The molecule has 0 aliphatic heterocycles. The molecule has 3 heterocycles. The molecular weight excluding hydrogens is 418 g/mol. The molecule has 5 aromatic rings. The highest BCUT2D eigenvalue weighted by Gasteiger charge is 2.22. The molecule has 1 amide bonds. The predicted octanol–water partition coefficient (Wildman–Crippen LogP) is 4.95. The van der Waals surface area contributed by atoms with Crippen molar-refractivity contribution < 1.29 is 14.1 Å². The Balaban J connectivity index is 1.48. The second-order valence-corrected chi connectivity index (χ2v) is 7.91. The van der Waals surface area contributed by atoms with Crippen LogP contribution in [-0.2, 0) is 0 Å². The molecule has 164 valence electrons. The van der Waals surface area contributed by atoms with Crippen LogP contribution in [0.25, 0.3) is 22.4 Å². The zero-order chi connectivity index (χ0) is 23.1. The first-order valence-corrected chi connectivity index (χ1v) is 10.4. The Morgan fingerprint density at radius 2 is 1.73 bits per heavy atom. The van der Waals surface area contributed by atoms with E-state index in [1.54, 1.807) is 37.3 Å². The summed E-state index contributed by atoms with van der Waals surface area (Å²) in [5.74, 6) is 1.21. The quantitative estimate of drug-likeness (QED) is 0.335. The number of fused-ring (bicyclic) bond motifs is 1. The fourth-order valence-corrected chi connectivity index (χ4v) is 3.96. The minimum absolute atomic E-state index is 0.0512. The number of nitrogens with one attached hydrogen (secondary N) is 3. The molecule has 5 rings (SSSR count). The molecule has 0 aliphatic carbocycles. The van der Waals surface area contributed by atoms with Crippen molar-refractivity contribution in [2.75, 3.05) is 5.32 Å². The zero-order valence-electron chi connectivity index (χ0n) is 18.3. The van der Waals surface area contributed by atoms with E-state index < -0.39 is 0 Å². The van der Waals surface area contributed by atoms with Crippen LogP contribution in [0.4, 0.5) is 5.82 Å². The number of hydrogen-bond acceptors (Lipinski definition) is 5. The molecule has 0 spiro atoms. The summed E-state index contributed by atoms with van der Waals surface area (Å²) in [6, 6.07) is 16.2. The van der Waals surface area contributed by atoms with E-state index in [4.69, 9.17) is 9.51 Å². The summed E-state index contributed by atoms with van der Waals surface area (Å²) < 4.78 is 5.00. The maximum atomic E-state index is 12.8. The normalized spacial score (nSPS) is 11.1. The van der Waals surface area contributed by atoms with Gasteiger partial charge in [-0.25, -0.2) is 4.98 Å². The van der Waals surface area contributed by atoms with E-state index in [0.29, 0.717) is 34.2 Å². The third kappa shape index (κ3) is 3.71.